The molecule has 88 valence electrons. The van der Waals surface area contributed by atoms with Crippen molar-refractivity contribution in [1.82, 2.24) is 20.1 Å². The van der Waals surface area contributed by atoms with E-state index in [0.717, 1.165) is 38.2 Å². The molecule has 1 aliphatic carbocycles. The highest BCUT2D eigenvalue weighted by Gasteiger charge is 2.27. The van der Waals surface area contributed by atoms with Crippen molar-refractivity contribution in [3.8, 4) is 0 Å². The minimum Gasteiger partial charge on any atom is -0.316 e. The van der Waals surface area contributed by atoms with Crippen LogP contribution in [0.25, 0.3) is 0 Å². The van der Waals surface area contributed by atoms with Crippen molar-refractivity contribution in [2.75, 3.05) is 13.1 Å². The Morgan fingerprint density at radius 2 is 2.25 bits per heavy atom. The molecule has 16 heavy (non-hydrogen) atoms. The number of aromatic nitrogens is 3. The Balaban J connectivity index is 1.69. The zero-order valence-corrected chi connectivity index (χ0v) is 9.41. The van der Waals surface area contributed by atoms with Gasteiger partial charge in [-0.15, -0.1) is 0 Å². The van der Waals surface area contributed by atoms with Gasteiger partial charge in [0.15, 0.2) is 0 Å². The lowest BCUT2D eigenvalue weighted by Crippen LogP contribution is -2.31. The lowest BCUT2D eigenvalue weighted by atomic mass is 9.96. The second-order valence-corrected chi connectivity index (χ2v) is 4.97. The second kappa shape index (κ2) is 4.05. The average molecular weight is 222 g/mol. The van der Waals surface area contributed by atoms with Crippen molar-refractivity contribution in [3.05, 3.63) is 16.3 Å². The highest BCUT2D eigenvalue weighted by atomic mass is 16.2. The molecule has 0 bridgehead atoms. The number of hydrogen-bond donors (Lipinski definition) is 2. The maximum absolute atomic E-state index is 11.6. The molecule has 1 unspecified atom stereocenters. The summed E-state index contributed by atoms with van der Waals surface area (Å²) in [6.45, 7) is 2.18. The van der Waals surface area contributed by atoms with Crippen molar-refractivity contribution < 1.29 is 0 Å². The molecule has 2 aliphatic rings. The molecule has 1 aromatic heterocycles. The molecule has 0 radical (unpaired) electrons. The van der Waals surface area contributed by atoms with Gasteiger partial charge in [0.05, 0.1) is 6.04 Å². The molecule has 0 amide bonds. The molecule has 2 fully saturated rings. The van der Waals surface area contributed by atoms with Crippen LogP contribution in [0.2, 0.25) is 0 Å². The third-order valence-electron chi connectivity index (χ3n) is 3.46. The van der Waals surface area contributed by atoms with Crippen LogP contribution in [0.4, 0.5) is 0 Å². The van der Waals surface area contributed by atoms with Crippen molar-refractivity contribution in [1.29, 1.82) is 0 Å². The lowest BCUT2D eigenvalue weighted by molar-refractivity contribution is 0.370. The second-order valence-electron chi connectivity index (χ2n) is 4.97. The SMILES string of the molecule is O=c1[nH]c(CC2CCCNC2)nn1C1CC1. The maximum atomic E-state index is 11.6. The van der Waals surface area contributed by atoms with Crippen molar-refractivity contribution in [2.45, 2.75) is 38.1 Å². The Bertz CT molecular complexity index is 412. The first kappa shape index (κ1) is 10.1. The molecule has 3 rings (SSSR count). The number of hydrogen-bond acceptors (Lipinski definition) is 3. The lowest BCUT2D eigenvalue weighted by Gasteiger charge is -2.21. The Labute approximate surface area is 94.2 Å². The van der Waals surface area contributed by atoms with Crippen LogP contribution in [-0.4, -0.2) is 27.9 Å². The molecule has 1 saturated carbocycles. The fourth-order valence-electron chi connectivity index (χ4n) is 2.41. The Morgan fingerprint density at radius 3 is 2.94 bits per heavy atom. The molecule has 2 heterocycles. The summed E-state index contributed by atoms with van der Waals surface area (Å²) in [5.41, 5.74) is -0.0266. The highest BCUT2D eigenvalue weighted by Crippen LogP contribution is 2.32. The Kier molecular flexibility index (Phi) is 2.55. The molecular weight excluding hydrogens is 204 g/mol. The first-order chi connectivity index (χ1) is 7.83. The fraction of sp³-hybridized carbons (Fsp3) is 0.818. The zero-order chi connectivity index (χ0) is 11.0. The quantitative estimate of drug-likeness (QED) is 0.780. The van der Waals surface area contributed by atoms with Crippen LogP contribution < -0.4 is 11.0 Å². The van der Waals surface area contributed by atoms with Gasteiger partial charge in [-0.2, -0.15) is 5.10 Å². The van der Waals surface area contributed by atoms with E-state index in [9.17, 15) is 4.79 Å². The predicted molar refractivity (Wildman–Crippen MR) is 60.4 cm³/mol. The van der Waals surface area contributed by atoms with Crippen LogP contribution in [0.15, 0.2) is 4.79 Å². The largest absolute Gasteiger partial charge is 0.343 e. The molecule has 1 atom stereocenters. The molecule has 5 heteroatoms. The van der Waals surface area contributed by atoms with E-state index in [2.05, 4.69) is 15.4 Å². The molecular formula is C11H18N4O. The topological polar surface area (TPSA) is 62.7 Å². The predicted octanol–water partition coefficient (Wildman–Crippen LogP) is 0.448. The minimum atomic E-state index is -0.0266. The van der Waals surface area contributed by atoms with Gasteiger partial charge in [-0.05, 0) is 44.7 Å². The van der Waals surface area contributed by atoms with Gasteiger partial charge in [-0.25, -0.2) is 9.48 Å². The molecule has 1 aromatic rings. The standard InChI is InChI=1S/C11H18N4O/c16-11-13-10(14-15(11)9-3-4-9)6-8-2-1-5-12-7-8/h8-9,12H,1-7H2,(H,13,14,16). The minimum absolute atomic E-state index is 0.0266. The smallest absolute Gasteiger partial charge is 0.316 e. The van der Waals surface area contributed by atoms with Gasteiger partial charge < -0.3 is 5.32 Å². The van der Waals surface area contributed by atoms with Crippen LogP contribution in [0.3, 0.4) is 0 Å². The molecule has 5 nitrogen and oxygen atoms in total. The molecule has 0 aromatic carbocycles. The third-order valence-corrected chi connectivity index (χ3v) is 3.46. The van der Waals surface area contributed by atoms with Crippen molar-refractivity contribution in [3.63, 3.8) is 0 Å². The zero-order valence-electron chi connectivity index (χ0n) is 9.41. The van der Waals surface area contributed by atoms with Crippen molar-refractivity contribution in [2.24, 2.45) is 5.92 Å². The van der Waals surface area contributed by atoms with Crippen molar-refractivity contribution >= 4 is 0 Å². The Morgan fingerprint density at radius 1 is 1.38 bits per heavy atom. The maximum Gasteiger partial charge on any atom is 0.343 e. The molecule has 0 spiro atoms. The van der Waals surface area contributed by atoms with E-state index in [-0.39, 0.29) is 5.69 Å². The molecule has 1 aliphatic heterocycles. The third kappa shape index (κ3) is 2.04. The van der Waals surface area contributed by atoms with Crippen LogP contribution >= 0.6 is 0 Å². The van der Waals surface area contributed by atoms with Crippen LogP contribution in [-0.2, 0) is 6.42 Å². The van der Waals surface area contributed by atoms with Gasteiger partial charge in [-0.3, -0.25) is 4.98 Å². The van der Waals surface area contributed by atoms with E-state index in [1.165, 1.54) is 12.8 Å². The van der Waals surface area contributed by atoms with Crippen LogP contribution in [0.5, 0.6) is 0 Å². The van der Waals surface area contributed by atoms with Gasteiger partial charge in [-0.1, -0.05) is 0 Å². The number of rotatable bonds is 3. The van der Waals surface area contributed by atoms with Crippen LogP contribution in [0.1, 0.15) is 37.5 Å². The number of nitrogens with zero attached hydrogens (tertiary/aromatic N) is 2. The monoisotopic (exact) mass is 222 g/mol. The van der Waals surface area contributed by atoms with E-state index in [1.54, 1.807) is 4.68 Å². The van der Waals surface area contributed by atoms with Gasteiger partial charge in [0.2, 0.25) is 0 Å². The van der Waals surface area contributed by atoms with Gasteiger partial charge >= 0.3 is 5.69 Å². The van der Waals surface area contributed by atoms with E-state index in [4.69, 9.17) is 0 Å². The summed E-state index contributed by atoms with van der Waals surface area (Å²) in [6, 6.07) is 0.377. The van der Waals surface area contributed by atoms with Crippen LogP contribution in [0, 0.1) is 5.92 Å². The number of piperidine rings is 1. The van der Waals surface area contributed by atoms with E-state index >= 15 is 0 Å². The highest BCUT2D eigenvalue weighted by molar-refractivity contribution is 4.91. The summed E-state index contributed by atoms with van der Waals surface area (Å²) in [5.74, 6) is 1.50. The summed E-state index contributed by atoms with van der Waals surface area (Å²) in [7, 11) is 0. The summed E-state index contributed by atoms with van der Waals surface area (Å²) in [6.07, 6.45) is 5.59. The van der Waals surface area contributed by atoms with E-state index < -0.39 is 0 Å². The van der Waals surface area contributed by atoms with Gasteiger partial charge in [0.1, 0.15) is 5.82 Å². The fourth-order valence-corrected chi connectivity index (χ4v) is 2.41. The molecule has 2 N–H and O–H groups in total. The van der Waals surface area contributed by atoms with Gasteiger partial charge in [0.25, 0.3) is 0 Å². The first-order valence-electron chi connectivity index (χ1n) is 6.21. The average Bonchev–Trinajstić information content (AvgIpc) is 3.06. The summed E-state index contributed by atoms with van der Waals surface area (Å²) in [5, 5.41) is 7.77. The van der Waals surface area contributed by atoms with E-state index in [0.29, 0.717) is 12.0 Å². The van der Waals surface area contributed by atoms with Gasteiger partial charge in [0, 0.05) is 6.42 Å². The first-order valence-corrected chi connectivity index (χ1v) is 6.21. The summed E-state index contributed by atoms with van der Waals surface area (Å²) in [4.78, 5) is 14.5. The van der Waals surface area contributed by atoms with E-state index in [1.807, 2.05) is 0 Å². The summed E-state index contributed by atoms with van der Waals surface area (Å²) >= 11 is 0. The summed E-state index contributed by atoms with van der Waals surface area (Å²) < 4.78 is 1.63. The number of H-pyrrole nitrogens is 1. The molecule has 1 saturated heterocycles. The number of aromatic amines is 1. The normalized spacial score (nSPS) is 25.9. The number of nitrogens with one attached hydrogen (secondary N) is 2. The Hall–Kier alpha value is -1.10.